The van der Waals surface area contributed by atoms with Gasteiger partial charge in [0.25, 0.3) is 11.8 Å². The van der Waals surface area contributed by atoms with Gasteiger partial charge in [-0.3, -0.25) is 38.4 Å². The van der Waals surface area contributed by atoms with Crippen molar-refractivity contribution in [1.29, 1.82) is 0 Å². The minimum Gasteiger partial charge on any atom is -0.455 e. The van der Waals surface area contributed by atoms with Crippen LogP contribution in [0.15, 0.2) is 144 Å². The van der Waals surface area contributed by atoms with Crippen molar-refractivity contribution in [1.82, 2.24) is 21.3 Å². The van der Waals surface area contributed by atoms with E-state index >= 15 is 0 Å². The molecule has 6 fully saturated rings. The molecule has 8 aliphatic rings. The topological polar surface area (TPSA) is 473 Å². The number of ether oxygens (including phenoxy) is 10. The van der Waals surface area contributed by atoms with Crippen molar-refractivity contribution >= 4 is 59.1 Å². The van der Waals surface area contributed by atoms with E-state index in [0.717, 1.165) is 12.8 Å². The molecule has 4 aromatic carbocycles. The molecule has 4 radical (unpaired) electrons. The number of nitrogens with one attached hydrogen (secondary N) is 4. The number of carbonyl (C=O) groups excluding carboxylic acids is 10. The van der Waals surface area contributed by atoms with E-state index in [0.29, 0.717) is 50.8 Å². The molecular weight excluding hydrogens is 2590 g/mol. The van der Waals surface area contributed by atoms with Gasteiger partial charge < -0.3 is 109 Å². The van der Waals surface area contributed by atoms with Crippen LogP contribution in [0.4, 0.5) is 0 Å². The van der Waals surface area contributed by atoms with Crippen LogP contribution in [0, 0.1) is 222 Å². The number of hydrogen-bond donors (Lipinski definition) is 12. The quantitative estimate of drug-likeness (QED) is 0.00991. The minimum absolute atomic E-state index is 0. The number of Topliss-reactive ketones (excluding diaryl/α,β-unsaturated/α-hetero) is 2. The molecule has 2 aliphatic heterocycles. The molecule has 12 rings (SSSR count). The molecule has 32 nitrogen and oxygen atoms in total. The Balaban J connectivity index is 0.000000355. The van der Waals surface area contributed by atoms with Gasteiger partial charge in [-0.25, -0.2) is 9.59 Å². The van der Waals surface area contributed by atoms with Crippen molar-refractivity contribution in [2.24, 2.45) is 45.3 Å². The van der Waals surface area contributed by atoms with Crippen LogP contribution in [0.2, 0.25) is 0 Å². The summed E-state index contributed by atoms with van der Waals surface area (Å²) in [7, 11) is 0. The van der Waals surface area contributed by atoms with Gasteiger partial charge in [0.1, 0.15) is 47.7 Å². The number of amides is 4. The van der Waals surface area contributed by atoms with Crippen LogP contribution in [0.1, 0.15) is 204 Å². The molecule has 4 amide bonds. The van der Waals surface area contributed by atoms with Crippen LogP contribution in [0.25, 0.3) is 0 Å². The zero-order valence-corrected chi connectivity index (χ0v) is 97.8. The van der Waals surface area contributed by atoms with Gasteiger partial charge in [0, 0.05) is 275 Å². The maximum absolute atomic E-state index is 14.8. The molecule has 2 heterocycles. The second kappa shape index (κ2) is 51.2. The number of hydrogen-bond acceptors (Lipinski definition) is 28. The van der Waals surface area contributed by atoms with Gasteiger partial charge in [-0.05, 0) is 123 Å². The van der Waals surface area contributed by atoms with Gasteiger partial charge in [-0.15, -0.1) is 0 Å². The van der Waals surface area contributed by atoms with Crippen molar-refractivity contribution in [3.8, 4) is 0 Å². The SMILES string of the molecule is CCCOCCOCCNC(=O)CCC(=O)OC(C(=O)OC1CC2(O)CC(C)C3[C@]4(O)COC4CC(O)[C@@]3(C)C(=O)C(O)C(=C1C)C2(C)C)C(NC(=O)c1ccccc1)c1ccccc1.CCCOCCOCCNC(=O)CCC(=O)OC(C(=O)OC1CC2(O)CC(C)C3[C@]4(O)COC4CC(O)[C@@]3(C)C(=O)C(O)C(=C1C)C2(C)C)C(NC(=O)c1ccccc1)c1ccccc1.[Ac].[Ac].[Ac].[Ac]. The minimum atomic E-state index is -1.89. The Morgan fingerprint density at radius 3 is 1.06 bits per heavy atom. The summed E-state index contributed by atoms with van der Waals surface area (Å²) in [6.45, 7) is 24.1. The number of aliphatic hydroxyl groups excluding tert-OH is 4. The number of ketones is 2. The number of carbonyl (C=O) groups is 10. The van der Waals surface area contributed by atoms with Crippen LogP contribution in [-0.4, -0.2) is 263 Å². The molecule has 36 heteroatoms. The average molecular weight is 2720 g/mol. The molecule has 134 heavy (non-hydrogen) atoms. The third-order valence-electron chi connectivity index (χ3n) is 28.6. The van der Waals surface area contributed by atoms with E-state index in [1.54, 1.807) is 191 Å². The van der Waals surface area contributed by atoms with E-state index in [1.807, 2.05) is 13.8 Å². The molecule has 724 valence electrons. The summed E-state index contributed by atoms with van der Waals surface area (Å²) in [5.74, 6) is -10.8. The number of aliphatic hydroxyl groups is 8. The zero-order chi connectivity index (χ0) is 94.6. The summed E-state index contributed by atoms with van der Waals surface area (Å²) >= 11 is 0. The fraction of sp³-hybridized carbons (Fsp3) is 0.612. The standard InChI is InChI=1S/2C49H66N2O14.4Ac/c2*1-7-21-61-23-24-62-22-20-50-36(53)18-19-37(54)65-41(39(31-14-10-8-11-15-31)51-44(57)32-16-12-9-13-17-32)45(58)64-33-27-48(59)26-29(2)42-47(6,34(52)25-35-49(42,60)28-63-35)43(56)40(55)38(30(33)3)46(48,4)5;;;;/h2*8-17,29,33-35,39-42,52,55,59-60H,7,18-28H2,1-6H3,(H,50,53)(H,51,57);;;;/t2*29?,33?,34?,35?,39?,40?,41?,42?,47-,48?,49+;;;;/m11..../s1. The third kappa shape index (κ3) is 25.9. The predicted octanol–water partition coefficient (Wildman–Crippen LogP) is 6.57. The number of rotatable bonds is 36. The molecule has 0 spiro atoms. The van der Waals surface area contributed by atoms with Crippen molar-refractivity contribution in [3.05, 3.63) is 166 Å². The summed E-state index contributed by atoms with van der Waals surface area (Å²) in [4.78, 5) is 140. The summed E-state index contributed by atoms with van der Waals surface area (Å²) < 4.78 is 57.3. The summed E-state index contributed by atoms with van der Waals surface area (Å²) in [6, 6.07) is 30.5. The van der Waals surface area contributed by atoms with Crippen molar-refractivity contribution in [3.63, 3.8) is 0 Å². The first kappa shape index (κ1) is 118. The second-order valence-corrected chi connectivity index (χ2v) is 37.7. The Kier molecular flexibility index (Phi) is 45.0. The van der Waals surface area contributed by atoms with Gasteiger partial charge in [-0.1, -0.05) is 152 Å². The largest absolute Gasteiger partial charge is 0.455 e. The Hall–Kier alpha value is -3.33. The molecule has 22 atom stereocenters. The molecule has 18 unspecified atom stereocenters. The summed E-state index contributed by atoms with van der Waals surface area (Å²) in [5, 5.41) is 108. The smallest absolute Gasteiger partial charge is 0.350 e. The molecule has 0 aromatic heterocycles. The first-order chi connectivity index (χ1) is 61.6. The van der Waals surface area contributed by atoms with E-state index in [4.69, 9.17) is 47.4 Å². The van der Waals surface area contributed by atoms with Crippen LogP contribution in [0.3, 0.4) is 0 Å². The van der Waals surface area contributed by atoms with Gasteiger partial charge in [0.15, 0.2) is 11.6 Å². The second-order valence-electron chi connectivity index (χ2n) is 37.7. The monoisotopic (exact) mass is 2720 g/mol. The van der Waals surface area contributed by atoms with Crippen LogP contribution < -0.4 is 21.3 Å². The van der Waals surface area contributed by atoms with Gasteiger partial charge >= 0.3 is 23.9 Å². The number of fused-ring (bicyclic) bond motifs is 10. The molecule has 6 aliphatic carbocycles. The van der Waals surface area contributed by atoms with Crippen molar-refractivity contribution < 1.29 is 312 Å². The molecule has 4 bridgehead atoms. The fourth-order valence-corrected chi connectivity index (χ4v) is 21.5. The first-order valence-electron chi connectivity index (χ1n) is 45.4. The Morgan fingerprint density at radius 2 is 0.754 bits per heavy atom. The molecular formula is C98H132Ac4N4O28. The average Bonchev–Trinajstić information content (AvgIpc) is 1.44. The van der Waals surface area contributed by atoms with Gasteiger partial charge in [-0.2, -0.15) is 0 Å². The van der Waals surface area contributed by atoms with Crippen molar-refractivity contribution in [2.45, 2.75) is 256 Å². The van der Waals surface area contributed by atoms with Crippen molar-refractivity contribution in [2.75, 3.05) is 79.2 Å². The molecule has 2 saturated heterocycles. The first-order valence-corrected chi connectivity index (χ1v) is 45.4. The molecule has 4 saturated carbocycles. The fourth-order valence-electron chi connectivity index (χ4n) is 21.5. The maximum atomic E-state index is 14.8. The van der Waals surface area contributed by atoms with E-state index in [1.165, 1.54) is 0 Å². The summed E-state index contributed by atoms with van der Waals surface area (Å²) in [5.41, 5.74) is -10.5. The van der Waals surface area contributed by atoms with Gasteiger partial charge in [0.05, 0.1) is 112 Å². The Labute approximate surface area is 927 Å². The normalized spacial score (nSPS) is 30.4. The van der Waals surface area contributed by atoms with Crippen LogP contribution >= 0.6 is 0 Å². The van der Waals surface area contributed by atoms with E-state index < -0.39 is 213 Å². The van der Waals surface area contributed by atoms with E-state index in [9.17, 15) is 88.8 Å². The zero-order valence-electron chi connectivity index (χ0n) is 78.8. The maximum Gasteiger partial charge on any atom is 0.350 e. The molecule has 12 N–H and O–H groups in total. The third-order valence-corrected chi connectivity index (χ3v) is 28.6. The van der Waals surface area contributed by atoms with Crippen LogP contribution in [0.5, 0.6) is 0 Å². The van der Waals surface area contributed by atoms with Crippen LogP contribution in [-0.2, 0) is 85.7 Å². The predicted molar refractivity (Wildman–Crippen MR) is 470 cm³/mol. The Bertz CT molecular complexity index is 4440. The van der Waals surface area contributed by atoms with Gasteiger partial charge in [0.2, 0.25) is 24.0 Å². The number of esters is 4. The number of benzene rings is 4. The Morgan fingerprint density at radius 1 is 0.440 bits per heavy atom. The molecule has 4 aromatic rings. The van der Waals surface area contributed by atoms with E-state index in [-0.39, 0.29) is 301 Å². The summed E-state index contributed by atoms with van der Waals surface area (Å²) in [6.07, 6.45) is -14.3. The van der Waals surface area contributed by atoms with E-state index in [2.05, 4.69) is 21.3 Å².